The van der Waals surface area contributed by atoms with Crippen molar-refractivity contribution in [2.45, 2.75) is 6.42 Å². The van der Waals surface area contributed by atoms with Gasteiger partial charge in [0.15, 0.2) is 0 Å². The summed E-state index contributed by atoms with van der Waals surface area (Å²) in [6.07, 6.45) is 0.616. The van der Waals surface area contributed by atoms with Gasteiger partial charge in [-0.2, -0.15) is 0 Å². The lowest BCUT2D eigenvalue weighted by Crippen LogP contribution is -2.27. The molecule has 3 heterocycles. The van der Waals surface area contributed by atoms with Crippen molar-refractivity contribution in [3.05, 3.63) is 71.0 Å². The van der Waals surface area contributed by atoms with E-state index < -0.39 is 0 Å². The van der Waals surface area contributed by atoms with Gasteiger partial charge in [-0.05, 0) is 12.1 Å². The Kier molecular flexibility index (Phi) is 2.57. The molecule has 27 heavy (non-hydrogen) atoms. The van der Waals surface area contributed by atoms with Crippen LogP contribution in [0.2, 0.25) is 0 Å². The second-order valence-electron chi connectivity index (χ2n) is 7.14. The van der Waals surface area contributed by atoms with Gasteiger partial charge in [0.2, 0.25) is 0 Å². The molecule has 2 aromatic heterocycles. The molecule has 0 saturated carbocycles. The third-order valence-electron chi connectivity index (χ3n) is 5.71. The fourth-order valence-electron chi connectivity index (χ4n) is 4.51. The molecule has 2 N–H and O–H groups in total. The molecule has 0 fully saturated rings. The molecule has 0 atom stereocenters. The maximum absolute atomic E-state index is 13.1. The Hall–Kier alpha value is -3.60. The molecule has 130 valence electrons. The van der Waals surface area contributed by atoms with E-state index in [-0.39, 0.29) is 11.8 Å². The van der Waals surface area contributed by atoms with Gasteiger partial charge in [0.25, 0.3) is 11.8 Å². The van der Waals surface area contributed by atoms with Gasteiger partial charge in [-0.1, -0.05) is 36.4 Å². The second-order valence-corrected chi connectivity index (χ2v) is 7.14. The van der Waals surface area contributed by atoms with Gasteiger partial charge >= 0.3 is 0 Å². The number of hydrogen-bond acceptors (Lipinski definition) is 2. The minimum atomic E-state index is -0.237. The largest absolute Gasteiger partial charge is 0.358 e. The van der Waals surface area contributed by atoms with Crippen molar-refractivity contribution in [2.75, 3.05) is 7.05 Å². The minimum absolute atomic E-state index is 0.237. The number of likely N-dealkylation sites (N-methyl/N-ethyl adjacent to an activating group) is 1. The van der Waals surface area contributed by atoms with Crippen LogP contribution in [0.15, 0.2) is 48.5 Å². The summed E-state index contributed by atoms with van der Waals surface area (Å²) in [4.78, 5) is 34.4. The van der Waals surface area contributed by atoms with Crippen LogP contribution in [0.25, 0.3) is 33.0 Å². The maximum atomic E-state index is 13.1. The average Bonchev–Trinajstić information content (AvgIpc) is 3.25. The number of aromatic amines is 2. The molecule has 5 heteroatoms. The first kappa shape index (κ1) is 14.6. The Morgan fingerprint density at radius 3 is 1.67 bits per heavy atom. The number of aromatic nitrogens is 2. The van der Waals surface area contributed by atoms with Gasteiger partial charge in [-0.15, -0.1) is 0 Å². The topological polar surface area (TPSA) is 69.0 Å². The van der Waals surface area contributed by atoms with E-state index in [0.717, 1.165) is 44.3 Å². The summed E-state index contributed by atoms with van der Waals surface area (Å²) >= 11 is 0. The van der Waals surface area contributed by atoms with Crippen LogP contribution in [0.1, 0.15) is 22.5 Å². The molecule has 2 aliphatic rings. The molecule has 0 spiro atoms. The van der Waals surface area contributed by atoms with Gasteiger partial charge in [0, 0.05) is 57.8 Å². The van der Waals surface area contributed by atoms with Crippen LogP contribution in [0.5, 0.6) is 0 Å². The summed E-state index contributed by atoms with van der Waals surface area (Å²) < 4.78 is 0. The SMILES string of the molecule is CN1C(=O)C2=C(C1=O)c1c([nH]c3ccccc13)Cc1[nH]c3ccccc3c12. The first-order chi connectivity index (χ1) is 13.1. The number of imide groups is 1. The molecule has 1 aliphatic heterocycles. The summed E-state index contributed by atoms with van der Waals surface area (Å²) in [6, 6.07) is 15.9. The molecule has 0 bridgehead atoms. The van der Waals surface area contributed by atoms with Crippen molar-refractivity contribution >= 4 is 44.8 Å². The highest BCUT2D eigenvalue weighted by molar-refractivity contribution is 6.51. The van der Waals surface area contributed by atoms with Crippen LogP contribution < -0.4 is 0 Å². The smallest absolute Gasteiger partial charge is 0.262 e. The Balaban J connectivity index is 1.82. The maximum Gasteiger partial charge on any atom is 0.262 e. The molecule has 4 aromatic rings. The summed E-state index contributed by atoms with van der Waals surface area (Å²) in [7, 11) is 1.56. The fourth-order valence-corrected chi connectivity index (χ4v) is 4.51. The van der Waals surface area contributed by atoms with Crippen LogP contribution in [0, 0.1) is 0 Å². The van der Waals surface area contributed by atoms with Crippen LogP contribution in [-0.2, 0) is 16.0 Å². The standard InChI is InChI=1S/C22H15N3O2/c1-25-21(26)19-17-11-6-2-4-8-13(11)23-15(17)10-16-18(20(19)22(25)27)12-7-3-5-9-14(12)24-16/h2-9,23-24H,10H2,1H3. The van der Waals surface area contributed by atoms with Crippen molar-refractivity contribution in [1.82, 2.24) is 14.9 Å². The van der Waals surface area contributed by atoms with Gasteiger partial charge in [-0.3, -0.25) is 14.5 Å². The third kappa shape index (κ3) is 1.68. The summed E-state index contributed by atoms with van der Waals surface area (Å²) in [5, 5.41) is 1.96. The van der Waals surface area contributed by atoms with E-state index in [0.29, 0.717) is 17.6 Å². The lowest BCUT2D eigenvalue weighted by molar-refractivity contribution is -0.134. The number of H-pyrrole nitrogens is 2. The average molecular weight is 353 g/mol. The molecular weight excluding hydrogens is 338 g/mol. The number of carbonyl (C=O) groups excluding carboxylic acids is 2. The van der Waals surface area contributed by atoms with E-state index in [1.54, 1.807) is 7.05 Å². The zero-order valence-corrected chi connectivity index (χ0v) is 14.6. The first-order valence-electron chi connectivity index (χ1n) is 8.91. The lowest BCUT2D eigenvalue weighted by Gasteiger charge is -2.09. The first-order valence-corrected chi connectivity index (χ1v) is 8.91. The van der Waals surface area contributed by atoms with Gasteiger partial charge < -0.3 is 9.97 Å². The number of nitrogens with one attached hydrogen (secondary N) is 2. The van der Waals surface area contributed by atoms with Crippen LogP contribution in [0.4, 0.5) is 0 Å². The summed E-state index contributed by atoms with van der Waals surface area (Å²) in [5.74, 6) is -0.474. The van der Waals surface area contributed by atoms with E-state index in [4.69, 9.17) is 0 Å². The number of fused-ring (bicyclic) bond motifs is 8. The van der Waals surface area contributed by atoms with Gasteiger partial charge in [0.1, 0.15) is 0 Å². The highest BCUT2D eigenvalue weighted by atomic mass is 16.2. The molecule has 0 radical (unpaired) electrons. The zero-order valence-electron chi connectivity index (χ0n) is 14.6. The van der Waals surface area contributed by atoms with E-state index in [9.17, 15) is 9.59 Å². The van der Waals surface area contributed by atoms with Crippen molar-refractivity contribution in [3.63, 3.8) is 0 Å². The highest BCUT2D eigenvalue weighted by Gasteiger charge is 2.42. The number of para-hydroxylation sites is 2. The van der Waals surface area contributed by atoms with E-state index in [2.05, 4.69) is 9.97 Å². The highest BCUT2D eigenvalue weighted by Crippen LogP contribution is 2.45. The normalized spacial score (nSPS) is 16.1. The van der Waals surface area contributed by atoms with Crippen molar-refractivity contribution < 1.29 is 9.59 Å². The van der Waals surface area contributed by atoms with Gasteiger partial charge in [-0.25, -0.2) is 0 Å². The number of nitrogens with zero attached hydrogens (tertiary/aromatic N) is 1. The number of amides is 2. The quantitative estimate of drug-likeness (QED) is 0.475. The van der Waals surface area contributed by atoms with Crippen LogP contribution in [0.3, 0.4) is 0 Å². The lowest BCUT2D eigenvalue weighted by atomic mass is 9.95. The Bertz CT molecular complexity index is 1250. The predicted octanol–water partition coefficient (Wildman–Crippen LogP) is 3.46. The molecule has 1 aliphatic carbocycles. The van der Waals surface area contributed by atoms with E-state index in [1.165, 1.54) is 4.90 Å². The summed E-state index contributed by atoms with van der Waals surface area (Å²) in [6.45, 7) is 0. The summed E-state index contributed by atoms with van der Waals surface area (Å²) in [5.41, 5.74) is 6.62. The molecule has 0 unspecified atom stereocenters. The predicted molar refractivity (Wildman–Crippen MR) is 104 cm³/mol. The molecule has 5 nitrogen and oxygen atoms in total. The number of carbonyl (C=O) groups is 2. The van der Waals surface area contributed by atoms with Crippen LogP contribution >= 0.6 is 0 Å². The van der Waals surface area contributed by atoms with E-state index in [1.807, 2.05) is 48.5 Å². The Morgan fingerprint density at radius 1 is 0.741 bits per heavy atom. The minimum Gasteiger partial charge on any atom is -0.358 e. The van der Waals surface area contributed by atoms with Crippen molar-refractivity contribution in [2.24, 2.45) is 0 Å². The Morgan fingerprint density at radius 2 is 1.19 bits per heavy atom. The van der Waals surface area contributed by atoms with Crippen LogP contribution in [-0.4, -0.2) is 33.7 Å². The van der Waals surface area contributed by atoms with Crippen molar-refractivity contribution in [3.8, 4) is 0 Å². The van der Waals surface area contributed by atoms with Crippen molar-refractivity contribution in [1.29, 1.82) is 0 Å². The number of hydrogen-bond donors (Lipinski definition) is 2. The fraction of sp³-hybridized carbons (Fsp3) is 0.0909. The Labute approximate surface area is 154 Å². The molecular formula is C22H15N3O2. The molecule has 0 saturated heterocycles. The zero-order chi connectivity index (χ0) is 18.3. The number of rotatable bonds is 0. The van der Waals surface area contributed by atoms with E-state index >= 15 is 0 Å². The molecule has 2 amide bonds. The monoisotopic (exact) mass is 353 g/mol. The molecule has 6 rings (SSSR count). The third-order valence-corrected chi connectivity index (χ3v) is 5.71. The molecule has 2 aromatic carbocycles. The number of benzene rings is 2. The second kappa shape index (κ2) is 4.76. The van der Waals surface area contributed by atoms with Gasteiger partial charge in [0.05, 0.1) is 11.1 Å².